The molecule has 2 aromatic rings. The van der Waals surface area contributed by atoms with E-state index in [-0.39, 0.29) is 10.6 Å². The Bertz CT molecular complexity index is 1070. The number of imide groups is 1. The lowest BCUT2D eigenvalue weighted by atomic mass is 9.89. The molecule has 1 saturated heterocycles. The first-order chi connectivity index (χ1) is 14.5. The van der Waals surface area contributed by atoms with Crippen molar-refractivity contribution in [2.24, 2.45) is 0 Å². The van der Waals surface area contributed by atoms with Crippen molar-refractivity contribution in [3.63, 3.8) is 0 Å². The molecule has 12 heteroatoms. The summed E-state index contributed by atoms with van der Waals surface area (Å²) in [5.74, 6) is -2.76. The highest BCUT2D eigenvalue weighted by molar-refractivity contribution is 6.11. The third-order valence-electron chi connectivity index (χ3n) is 4.66. The fourth-order valence-electron chi connectivity index (χ4n) is 3.19. The summed E-state index contributed by atoms with van der Waals surface area (Å²) in [7, 11) is 0. The van der Waals surface area contributed by atoms with Gasteiger partial charge in [0.2, 0.25) is 11.4 Å². The van der Waals surface area contributed by atoms with Gasteiger partial charge in [-0.15, -0.1) is 0 Å². The molecular formula is C19H15F3N4O5. The van der Waals surface area contributed by atoms with E-state index >= 15 is 0 Å². The molecule has 1 aliphatic heterocycles. The quantitative estimate of drug-likeness (QED) is 0.424. The van der Waals surface area contributed by atoms with Crippen LogP contribution >= 0.6 is 0 Å². The number of nitro benzene ring substituents is 1. The third kappa shape index (κ3) is 3.79. The maximum atomic E-state index is 13.9. The van der Waals surface area contributed by atoms with Crippen LogP contribution in [0.2, 0.25) is 0 Å². The van der Waals surface area contributed by atoms with E-state index in [4.69, 9.17) is 0 Å². The van der Waals surface area contributed by atoms with E-state index in [1.807, 2.05) is 0 Å². The largest absolute Gasteiger partial charge is 0.425 e. The molecule has 1 atom stereocenters. The number of amides is 4. The minimum Gasteiger partial charge on any atom is -0.319 e. The second-order valence-electron chi connectivity index (χ2n) is 6.76. The fourth-order valence-corrected chi connectivity index (χ4v) is 3.19. The van der Waals surface area contributed by atoms with Crippen molar-refractivity contribution >= 4 is 29.2 Å². The number of nitrogens with one attached hydrogen (secondary N) is 2. The van der Waals surface area contributed by atoms with E-state index in [0.717, 1.165) is 12.1 Å². The maximum absolute atomic E-state index is 13.9. The van der Waals surface area contributed by atoms with Gasteiger partial charge in [-0.05, 0) is 24.1 Å². The Morgan fingerprint density at radius 1 is 1.19 bits per heavy atom. The molecule has 1 heterocycles. The van der Waals surface area contributed by atoms with Gasteiger partial charge in [-0.3, -0.25) is 24.6 Å². The van der Waals surface area contributed by atoms with Crippen LogP contribution in [0.4, 0.5) is 29.3 Å². The zero-order valence-electron chi connectivity index (χ0n) is 15.9. The number of carbonyl (C=O) groups excluding carboxylic acids is 3. The Kier molecular flexibility index (Phi) is 5.40. The SMILES string of the molecule is Cc1ccc(NC(=O)CN2C(=O)NC(c3ccccc3)(C(F)(F)F)C2=O)c([N+](=O)[O-])c1. The van der Waals surface area contributed by atoms with E-state index < -0.39 is 52.3 Å². The lowest BCUT2D eigenvalue weighted by Gasteiger charge is -2.29. The second kappa shape index (κ2) is 7.70. The molecule has 0 radical (unpaired) electrons. The van der Waals surface area contributed by atoms with Gasteiger partial charge in [0.05, 0.1) is 4.92 Å². The molecule has 1 aliphatic rings. The van der Waals surface area contributed by atoms with Gasteiger partial charge in [0.25, 0.3) is 11.6 Å². The molecule has 0 bridgehead atoms. The van der Waals surface area contributed by atoms with Crippen LogP contribution in [0.1, 0.15) is 11.1 Å². The number of hydrogen-bond acceptors (Lipinski definition) is 5. The van der Waals surface area contributed by atoms with Crippen LogP contribution in [0.3, 0.4) is 0 Å². The van der Waals surface area contributed by atoms with Crippen molar-refractivity contribution in [2.75, 3.05) is 11.9 Å². The molecule has 0 saturated carbocycles. The van der Waals surface area contributed by atoms with Crippen molar-refractivity contribution in [2.45, 2.75) is 18.6 Å². The summed E-state index contributed by atoms with van der Waals surface area (Å²) in [5.41, 5.74) is -3.99. The normalized spacial score (nSPS) is 18.6. The number of urea groups is 1. The second-order valence-corrected chi connectivity index (χ2v) is 6.76. The van der Waals surface area contributed by atoms with Crippen LogP contribution in [0.5, 0.6) is 0 Å². The lowest BCUT2D eigenvalue weighted by Crippen LogP contribution is -2.55. The fraction of sp³-hybridized carbons (Fsp3) is 0.211. The minimum atomic E-state index is -5.19. The lowest BCUT2D eigenvalue weighted by molar-refractivity contribution is -0.384. The van der Waals surface area contributed by atoms with Gasteiger partial charge in [0.1, 0.15) is 12.2 Å². The molecule has 0 aromatic heterocycles. The molecule has 162 valence electrons. The number of rotatable bonds is 5. The summed E-state index contributed by atoms with van der Waals surface area (Å²) in [6.07, 6.45) is -5.19. The van der Waals surface area contributed by atoms with Crippen molar-refractivity contribution in [3.05, 3.63) is 69.8 Å². The summed E-state index contributed by atoms with van der Waals surface area (Å²) >= 11 is 0. The van der Waals surface area contributed by atoms with Crippen LogP contribution in [0, 0.1) is 17.0 Å². The smallest absolute Gasteiger partial charge is 0.319 e. The summed E-state index contributed by atoms with van der Waals surface area (Å²) in [5, 5.41) is 15.0. The third-order valence-corrected chi connectivity index (χ3v) is 4.66. The van der Waals surface area contributed by atoms with Crippen molar-refractivity contribution in [3.8, 4) is 0 Å². The molecule has 2 N–H and O–H groups in total. The zero-order chi connectivity index (χ0) is 23.0. The average Bonchev–Trinajstić information content (AvgIpc) is 2.95. The molecule has 4 amide bonds. The molecule has 3 rings (SSSR count). The number of halogens is 3. The number of alkyl halides is 3. The molecule has 2 aromatic carbocycles. The molecule has 9 nitrogen and oxygen atoms in total. The van der Waals surface area contributed by atoms with Crippen molar-refractivity contribution in [1.29, 1.82) is 0 Å². The van der Waals surface area contributed by atoms with Gasteiger partial charge in [-0.2, -0.15) is 13.2 Å². The molecule has 1 unspecified atom stereocenters. The van der Waals surface area contributed by atoms with Gasteiger partial charge in [0.15, 0.2) is 0 Å². The van der Waals surface area contributed by atoms with Gasteiger partial charge in [-0.25, -0.2) is 4.79 Å². The van der Waals surface area contributed by atoms with Gasteiger partial charge >= 0.3 is 12.2 Å². The van der Waals surface area contributed by atoms with E-state index in [1.54, 1.807) is 12.2 Å². The first-order valence-corrected chi connectivity index (χ1v) is 8.78. The van der Waals surface area contributed by atoms with Crippen LogP contribution in [-0.4, -0.2) is 40.4 Å². The number of benzene rings is 2. The van der Waals surface area contributed by atoms with Crippen LogP contribution < -0.4 is 10.6 Å². The predicted molar refractivity (Wildman–Crippen MR) is 101 cm³/mol. The number of nitrogens with zero attached hydrogens (tertiary/aromatic N) is 2. The standard InChI is InChI=1S/C19H15F3N4O5/c1-11-7-8-13(14(9-11)26(30)31)23-15(27)10-25-16(28)18(19(20,21)22,24-17(25)29)12-5-3-2-4-6-12/h2-9H,10H2,1H3,(H,23,27)(H,24,29). The summed E-state index contributed by atoms with van der Waals surface area (Å²) in [6, 6.07) is 8.53. The van der Waals surface area contributed by atoms with E-state index in [1.165, 1.54) is 36.4 Å². The first kappa shape index (κ1) is 21.7. The number of carbonyl (C=O) groups is 3. The summed E-state index contributed by atoms with van der Waals surface area (Å²) in [6.45, 7) is 0.520. The highest BCUT2D eigenvalue weighted by Crippen LogP contribution is 2.43. The Balaban J connectivity index is 1.88. The van der Waals surface area contributed by atoms with Gasteiger partial charge in [0, 0.05) is 6.07 Å². The first-order valence-electron chi connectivity index (χ1n) is 8.78. The van der Waals surface area contributed by atoms with Crippen molar-refractivity contribution < 1.29 is 32.5 Å². The van der Waals surface area contributed by atoms with E-state index in [0.29, 0.717) is 5.56 Å². The van der Waals surface area contributed by atoms with Crippen LogP contribution in [0.15, 0.2) is 48.5 Å². The van der Waals surface area contributed by atoms with Gasteiger partial charge in [-0.1, -0.05) is 36.4 Å². The topological polar surface area (TPSA) is 122 Å². The molecular weight excluding hydrogens is 421 g/mol. The number of aryl methyl sites for hydroxylation is 1. The van der Waals surface area contributed by atoms with Crippen molar-refractivity contribution in [1.82, 2.24) is 10.2 Å². The minimum absolute atomic E-state index is 0.121. The Morgan fingerprint density at radius 2 is 1.84 bits per heavy atom. The van der Waals surface area contributed by atoms with Gasteiger partial charge < -0.3 is 10.6 Å². The summed E-state index contributed by atoms with van der Waals surface area (Å²) in [4.78, 5) is 47.8. The monoisotopic (exact) mass is 436 g/mol. The highest BCUT2D eigenvalue weighted by Gasteiger charge is 2.68. The molecule has 0 spiro atoms. The zero-order valence-corrected chi connectivity index (χ0v) is 15.9. The summed E-state index contributed by atoms with van der Waals surface area (Å²) < 4.78 is 41.8. The van der Waals surface area contributed by atoms with E-state index in [2.05, 4.69) is 5.32 Å². The van der Waals surface area contributed by atoms with E-state index in [9.17, 15) is 37.7 Å². The molecule has 0 aliphatic carbocycles. The predicted octanol–water partition coefficient (Wildman–Crippen LogP) is 2.85. The molecule has 1 fully saturated rings. The van der Waals surface area contributed by atoms with Crippen LogP contribution in [0.25, 0.3) is 0 Å². The maximum Gasteiger partial charge on any atom is 0.425 e. The number of hydrogen-bond donors (Lipinski definition) is 2. The highest BCUT2D eigenvalue weighted by atomic mass is 19.4. The number of nitro groups is 1. The average molecular weight is 436 g/mol. The Labute approximate surface area is 173 Å². The number of anilines is 1. The van der Waals surface area contributed by atoms with Crippen LogP contribution in [-0.2, 0) is 15.1 Å². The Hall–Kier alpha value is -3.96. The Morgan fingerprint density at radius 3 is 2.42 bits per heavy atom. The molecule has 31 heavy (non-hydrogen) atoms.